The van der Waals surface area contributed by atoms with E-state index >= 15 is 0 Å². The molecule has 4 heteroatoms. The molecule has 4 aliphatic rings. The van der Waals surface area contributed by atoms with E-state index in [0.29, 0.717) is 31.4 Å². The van der Waals surface area contributed by atoms with Gasteiger partial charge >= 0.3 is 5.97 Å². The first-order valence-electron chi connectivity index (χ1n) is 9.87. The number of nitrogens with zero attached hydrogens (tertiary/aromatic N) is 1. The highest BCUT2D eigenvalue weighted by Crippen LogP contribution is 2.60. The van der Waals surface area contributed by atoms with Crippen LogP contribution in [0, 0.1) is 29.1 Å². The van der Waals surface area contributed by atoms with Crippen LogP contribution in [0.1, 0.15) is 65.7 Å². The van der Waals surface area contributed by atoms with Gasteiger partial charge < -0.3 is 9.64 Å². The molecule has 1 amide bonds. The Morgan fingerprint density at radius 2 is 1.62 bits per heavy atom. The predicted octanol–water partition coefficient (Wildman–Crippen LogP) is 3.64. The van der Waals surface area contributed by atoms with E-state index in [-0.39, 0.29) is 11.4 Å². The van der Waals surface area contributed by atoms with Crippen molar-refractivity contribution in [1.29, 1.82) is 0 Å². The summed E-state index contributed by atoms with van der Waals surface area (Å²) < 4.78 is 5.05. The molecule has 4 saturated carbocycles. The number of hydrogen-bond acceptors (Lipinski definition) is 3. The number of hydrogen-bond donors (Lipinski definition) is 0. The first kappa shape index (κ1) is 17.8. The van der Waals surface area contributed by atoms with Gasteiger partial charge in [0.15, 0.2) is 0 Å². The molecule has 4 rings (SSSR count). The lowest BCUT2D eigenvalue weighted by Gasteiger charge is -2.56. The van der Waals surface area contributed by atoms with Crippen molar-refractivity contribution in [3.63, 3.8) is 0 Å². The van der Waals surface area contributed by atoms with Gasteiger partial charge in [-0.2, -0.15) is 0 Å². The zero-order valence-corrected chi connectivity index (χ0v) is 15.6. The molecule has 0 aromatic carbocycles. The molecule has 0 spiro atoms. The highest BCUT2D eigenvalue weighted by Gasteiger charge is 2.55. The Hall–Kier alpha value is -1.06. The Labute approximate surface area is 146 Å². The minimum Gasteiger partial charge on any atom is -0.466 e. The van der Waals surface area contributed by atoms with Crippen LogP contribution in [0.5, 0.6) is 0 Å². The van der Waals surface area contributed by atoms with E-state index in [1.165, 1.54) is 19.3 Å². The van der Waals surface area contributed by atoms with Crippen LogP contribution in [0.4, 0.5) is 0 Å². The van der Waals surface area contributed by atoms with Gasteiger partial charge in [0.2, 0.25) is 5.91 Å². The normalized spacial score (nSPS) is 33.8. The van der Waals surface area contributed by atoms with Gasteiger partial charge in [-0.1, -0.05) is 13.8 Å². The van der Waals surface area contributed by atoms with E-state index in [1.54, 1.807) is 0 Å². The maximum Gasteiger partial charge on any atom is 0.307 e. The van der Waals surface area contributed by atoms with Gasteiger partial charge in [0.1, 0.15) is 0 Å². The van der Waals surface area contributed by atoms with Crippen molar-refractivity contribution in [1.82, 2.24) is 4.90 Å². The Balaban J connectivity index is 1.69. The Bertz CT molecular complexity index is 450. The fraction of sp³-hybridized carbons (Fsp3) is 0.900. The van der Waals surface area contributed by atoms with Crippen LogP contribution in [0.2, 0.25) is 0 Å². The highest BCUT2D eigenvalue weighted by atomic mass is 16.5. The van der Waals surface area contributed by atoms with Gasteiger partial charge in [-0.05, 0) is 69.1 Å². The van der Waals surface area contributed by atoms with Crippen molar-refractivity contribution in [2.45, 2.75) is 65.7 Å². The van der Waals surface area contributed by atoms with E-state index in [1.807, 2.05) is 11.8 Å². The van der Waals surface area contributed by atoms with E-state index in [9.17, 15) is 9.59 Å². The summed E-state index contributed by atoms with van der Waals surface area (Å²) in [5, 5.41) is 0. The molecule has 0 heterocycles. The van der Waals surface area contributed by atoms with Crippen molar-refractivity contribution < 1.29 is 14.3 Å². The maximum atomic E-state index is 13.5. The van der Waals surface area contributed by atoms with Crippen LogP contribution < -0.4 is 0 Å². The number of esters is 1. The third kappa shape index (κ3) is 3.62. The first-order valence-corrected chi connectivity index (χ1v) is 9.87. The van der Waals surface area contributed by atoms with Gasteiger partial charge in [0.25, 0.3) is 0 Å². The average Bonchev–Trinajstić information content (AvgIpc) is 2.49. The lowest BCUT2D eigenvalue weighted by atomic mass is 9.49. The molecule has 4 bridgehead atoms. The Morgan fingerprint density at radius 3 is 2.08 bits per heavy atom. The predicted molar refractivity (Wildman–Crippen MR) is 93.3 cm³/mol. The fourth-order valence-corrected chi connectivity index (χ4v) is 5.88. The summed E-state index contributed by atoms with van der Waals surface area (Å²) in [7, 11) is 0. The Morgan fingerprint density at radius 1 is 1.08 bits per heavy atom. The third-order valence-electron chi connectivity index (χ3n) is 6.26. The van der Waals surface area contributed by atoms with Gasteiger partial charge in [0, 0.05) is 13.1 Å². The lowest BCUT2D eigenvalue weighted by molar-refractivity contribution is -0.159. The standard InChI is InChI=1S/C20H33NO3/c1-4-24-18(22)5-6-21(13-14(2)3)19(23)20-10-15-7-16(11-20)9-17(8-15)12-20/h14-17H,4-13H2,1-3H3. The van der Waals surface area contributed by atoms with Gasteiger partial charge in [-0.3, -0.25) is 9.59 Å². The largest absolute Gasteiger partial charge is 0.466 e. The molecule has 0 unspecified atom stereocenters. The van der Waals surface area contributed by atoms with Crippen LogP contribution in [-0.4, -0.2) is 36.5 Å². The summed E-state index contributed by atoms with van der Waals surface area (Å²) in [6.45, 7) is 7.78. The van der Waals surface area contributed by atoms with Crippen LogP contribution in [0.15, 0.2) is 0 Å². The number of carbonyl (C=O) groups excluding carboxylic acids is 2. The lowest BCUT2D eigenvalue weighted by Crippen LogP contribution is -2.55. The number of amides is 1. The molecule has 0 saturated heterocycles. The van der Waals surface area contributed by atoms with E-state index in [0.717, 1.165) is 43.6 Å². The molecule has 0 aliphatic heterocycles. The van der Waals surface area contributed by atoms with Crippen LogP contribution in [0.25, 0.3) is 0 Å². The third-order valence-corrected chi connectivity index (χ3v) is 6.26. The van der Waals surface area contributed by atoms with Gasteiger partial charge in [0.05, 0.1) is 18.4 Å². The number of rotatable bonds is 7. The summed E-state index contributed by atoms with van der Waals surface area (Å²) in [5.74, 6) is 2.87. The molecule has 0 radical (unpaired) electrons. The summed E-state index contributed by atoms with van der Waals surface area (Å²) in [5.41, 5.74) is -0.113. The fourth-order valence-electron chi connectivity index (χ4n) is 5.88. The summed E-state index contributed by atoms with van der Waals surface area (Å²) in [6, 6.07) is 0. The van der Waals surface area contributed by atoms with Crippen LogP contribution in [-0.2, 0) is 14.3 Å². The molecule has 0 N–H and O–H groups in total. The Kier molecular flexibility index (Phi) is 5.22. The first-order chi connectivity index (χ1) is 11.4. The molecule has 4 fully saturated rings. The quantitative estimate of drug-likeness (QED) is 0.667. The summed E-state index contributed by atoms with van der Waals surface area (Å²) in [4.78, 5) is 27.2. The van der Waals surface area contributed by atoms with E-state index in [2.05, 4.69) is 13.8 Å². The van der Waals surface area contributed by atoms with Crippen LogP contribution >= 0.6 is 0 Å². The van der Waals surface area contributed by atoms with Crippen molar-refractivity contribution >= 4 is 11.9 Å². The van der Waals surface area contributed by atoms with Gasteiger partial charge in [-0.15, -0.1) is 0 Å². The van der Waals surface area contributed by atoms with Crippen molar-refractivity contribution in [2.24, 2.45) is 29.1 Å². The monoisotopic (exact) mass is 335 g/mol. The average molecular weight is 335 g/mol. The molecular formula is C20H33NO3. The number of carbonyl (C=O) groups is 2. The highest BCUT2D eigenvalue weighted by molar-refractivity contribution is 5.84. The number of ether oxygens (including phenoxy) is 1. The SMILES string of the molecule is CCOC(=O)CCN(CC(C)C)C(=O)C12CC3CC(CC(C3)C1)C2. The molecule has 24 heavy (non-hydrogen) atoms. The second-order valence-electron chi connectivity index (χ2n) is 8.90. The molecule has 0 aromatic heterocycles. The summed E-state index contributed by atoms with van der Waals surface area (Å²) in [6.07, 6.45) is 7.63. The molecule has 0 atom stereocenters. The smallest absolute Gasteiger partial charge is 0.307 e. The maximum absolute atomic E-state index is 13.5. The van der Waals surface area contributed by atoms with E-state index < -0.39 is 0 Å². The topological polar surface area (TPSA) is 46.6 Å². The van der Waals surface area contributed by atoms with Crippen molar-refractivity contribution in [3.05, 3.63) is 0 Å². The minimum absolute atomic E-state index is 0.113. The molecule has 4 nitrogen and oxygen atoms in total. The minimum atomic E-state index is -0.190. The van der Waals surface area contributed by atoms with Crippen LogP contribution in [0.3, 0.4) is 0 Å². The zero-order chi connectivity index (χ0) is 17.3. The molecular weight excluding hydrogens is 302 g/mol. The molecule has 4 aliphatic carbocycles. The second kappa shape index (κ2) is 7.05. The summed E-state index contributed by atoms with van der Waals surface area (Å²) >= 11 is 0. The second-order valence-corrected chi connectivity index (χ2v) is 8.90. The van der Waals surface area contributed by atoms with Crippen molar-refractivity contribution in [3.8, 4) is 0 Å². The van der Waals surface area contributed by atoms with Gasteiger partial charge in [-0.25, -0.2) is 0 Å². The molecule has 0 aromatic rings. The zero-order valence-electron chi connectivity index (χ0n) is 15.6. The molecule has 136 valence electrons. The van der Waals surface area contributed by atoms with Crippen molar-refractivity contribution in [2.75, 3.05) is 19.7 Å². The van der Waals surface area contributed by atoms with E-state index in [4.69, 9.17) is 4.74 Å².